The van der Waals surface area contributed by atoms with Gasteiger partial charge in [-0.2, -0.15) is 0 Å². The van der Waals surface area contributed by atoms with Gasteiger partial charge in [0.15, 0.2) is 5.60 Å². The lowest BCUT2D eigenvalue weighted by molar-refractivity contribution is -0.166. The van der Waals surface area contributed by atoms with Crippen LogP contribution in [0.15, 0.2) is 0 Å². The Hall–Kier alpha value is -1.10. The van der Waals surface area contributed by atoms with Crippen LogP contribution in [-0.4, -0.2) is 32.9 Å². The smallest absolute Gasteiger partial charge is 0.336 e. The van der Waals surface area contributed by atoms with Crippen LogP contribution < -0.4 is 0 Å². The average Bonchev–Trinajstić information content (AvgIpc) is 2.57. The molecule has 0 amide bonds. The summed E-state index contributed by atoms with van der Waals surface area (Å²) in [6, 6.07) is 0. The second kappa shape index (κ2) is 15.9. The van der Waals surface area contributed by atoms with Crippen molar-refractivity contribution in [3.8, 4) is 0 Å². The van der Waals surface area contributed by atoms with Crippen molar-refractivity contribution in [1.29, 1.82) is 0 Å². The van der Waals surface area contributed by atoms with Gasteiger partial charge in [0.05, 0.1) is 6.42 Å². The number of hydrogen-bond donors (Lipinski definition) is 3. The molecule has 0 rings (SSSR count). The van der Waals surface area contributed by atoms with E-state index in [1.165, 1.54) is 64.2 Å². The van der Waals surface area contributed by atoms with E-state index >= 15 is 0 Å². The van der Waals surface area contributed by atoms with Crippen LogP contribution in [0, 0.1) is 5.92 Å². The zero-order valence-electron chi connectivity index (χ0n) is 17.5. The lowest BCUT2D eigenvalue weighted by Crippen LogP contribution is -2.40. The van der Waals surface area contributed by atoms with Crippen molar-refractivity contribution >= 4 is 11.9 Å². The first-order chi connectivity index (χ1) is 12.8. The third-order valence-corrected chi connectivity index (χ3v) is 5.21. The van der Waals surface area contributed by atoms with Gasteiger partial charge in [-0.1, -0.05) is 97.3 Å². The molecule has 27 heavy (non-hydrogen) atoms. The summed E-state index contributed by atoms with van der Waals surface area (Å²) in [6.45, 7) is 4.57. The third-order valence-electron chi connectivity index (χ3n) is 5.21. The largest absolute Gasteiger partial charge is 0.481 e. The van der Waals surface area contributed by atoms with Crippen LogP contribution in [0.2, 0.25) is 0 Å². The predicted octanol–water partition coefficient (Wildman–Crippen LogP) is 5.78. The van der Waals surface area contributed by atoms with Crippen molar-refractivity contribution in [3.63, 3.8) is 0 Å². The van der Waals surface area contributed by atoms with E-state index in [1.54, 1.807) is 0 Å². The lowest BCUT2D eigenvalue weighted by Gasteiger charge is -2.21. The van der Waals surface area contributed by atoms with E-state index in [2.05, 4.69) is 13.8 Å². The monoisotopic (exact) mass is 386 g/mol. The Kier molecular flexibility index (Phi) is 15.3. The third kappa shape index (κ3) is 15.6. The maximum Gasteiger partial charge on any atom is 0.336 e. The molecule has 0 aromatic carbocycles. The molecule has 0 heterocycles. The summed E-state index contributed by atoms with van der Waals surface area (Å²) < 4.78 is 0. The van der Waals surface area contributed by atoms with E-state index in [1.807, 2.05) is 0 Å². The molecule has 0 fully saturated rings. The van der Waals surface area contributed by atoms with Crippen LogP contribution >= 0.6 is 0 Å². The van der Waals surface area contributed by atoms with Gasteiger partial charge < -0.3 is 15.3 Å². The molecule has 0 aliphatic heterocycles. The van der Waals surface area contributed by atoms with Gasteiger partial charge >= 0.3 is 11.9 Å². The fourth-order valence-corrected chi connectivity index (χ4v) is 3.44. The molecule has 5 heteroatoms. The summed E-state index contributed by atoms with van der Waals surface area (Å²) >= 11 is 0. The summed E-state index contributed by atoms with van der Waals surface area (Å²) in [6.07, 6.45) is 16.1. The van der Waals surface area contributed by atoms with Gasteiger partial charge in [0.2, 0.25) is 0 Å². The van der Waals surface area contributed by atoms with Crippen molar-refractivity contribution in [2.75, 3.05) is 0 Å². The van der Waals surface area contributed by atoms with Crippen LogP contribution in [0.4, 0.5) is 0 Å². The summed E-state index contributed by atoms with van der Waals surface area (Å²) in [4.78, 5) is 21.7. The fraction of sp³-hybridized carbons (Fsp3) is 0.909. The topological polar surface area (TPSA) is 94.8 Å². The molecule has 0 spiro atoms. The highest BCUT2D eigenvalue weighted by Crippen LogP contribution is 2.21. The normalized spacial score (nSPS) is 13.6. The van der Waals surface area contributed by atoms with Gasteiger partial charge in [-0.3, -0.25) is 4.79 Å². The van der Waals surface area contributed by atoms with Gasteiger partial charge in [-0.15, -0.1) is 0 Å². The molecule has 5 nitrogen and oxygen atoms in total. The quantitative estimate of drug-likeness (QED) is 0.244. The molecule has 160 valence electrons. The Balaban J connectivity index is 3.42. The van der Waals surface area contributed by atoms with Gasteiger partial charge in [0.1, 0.15) is 0 Å². The number of rotatable bonds is 19. The number of carboxylic acid groups (broad SMARTS) is 2. The van der Waals surface area contributed by atoms with E-state index < -0.39 is 24.0 Å². The highest BCUT2D eigenvalue weighted by atomic mass is 16.4. The Morgan fingerprint density at radius 2 is 1.07 bits per heavy atom. The van der Waals surface area contributed by atoms with Crippen LogP contribution in [0.25, 0.3) is 0 Å². The Morgan fingerprint density at radius 3 is 1.41 bits per heavy atom. The summed E-state index contributed by atoms with van der Waals surface area (Å²) in [5.74, 6) is -1.89. The second-order valence-corrected chi connectivity index (χ2v) is 8.44. The van der Waals surface area contributed by atoms with Crippen molar-refractivity contribution in [2.24, 2.45) is 5.92 Å². The van der Waals surface area contributed by atoms with Gasteiger partial charge in [0.25, 0.3) is 0 Å². The van der Waals surface area contributed by atoms with Gasteiger partial charge in [-0.05, 0) is 18.8 Å². The van der Waals surface area contributed by atoms with Crippen LogP contribution in [-0.2, 0) is 9.59 Å². The number of hydrogen-bond acceptors (Lipinski definition) is 3. The molecule has 0 saturated heterocycles. The van der Waals surface area contributed by atoms with E-state index in [4.69, 9.17) is 10.2 Å². The molecule has 0 aromatic rings. The van der Waals surface area contributed by atoms with Crippen molar-refractivity contribution in [2.45, 2.75) is 122 Å². The van der Waals surface area contributed by atoms with Crippen molar-refractivity contribution in [3.05, 3.63) is 0 Å². The standard InChI is InChI=1S/C22H42O5/c1-19(2)16-14-12-10-8-6-4-3-5-7-9-11-13-15-17-22(27,21(25)26)18-20(23)24/h19,27H,3-18H2,1-2H3,(H,23,24)(H,25,26). The Morgan fingerprint density at radius 1 is 0.704 bits per heavy atom. The maximum atomic E-state index is 11.0. The van der Waals surface area contributed by atoms with E-state index in [0.717, 1.165) is 25.2 Å². The molecule has 1 atom stereocenters. The minimum atomic E-state index is -2.12. The number of carboxylic acids is 2. The maximum absolute atomic E-state index is 11.0. The van der Waals surface area contributed by atoms with E-state index in [-0.39, 0.29) is 6.42 Å². The Bertz CT molecular complexity index is 394. The first-order valence-electron chi connectivity index (χ1n) is 11.0. The zero-order valence-corrected chi connectivity index (χ0v) is 17.5. The molecule has 0 aromatic heterocycles. The highest BCUT2D eigenvalue weighted by molar-refractivity contribution is 5.83. The van der Waals surface area contributed by atoms with Crippen LogP contribution in [0.5, 0.6) is 0 Å². The minimum absolute atomic E-state index is 0.00576. The first kappa shape index (κ1) is 25.9. The number of unbranched alkanes of at least 4 members (excludes halogenated alkanes) is 12. The molecule has 0 radical (unpaired) electrons. The van der Waals surface area contributed by atoms with E-state index in [9.17, 15) is 14.7 Å². The molecular formula is C22H42O5. The van der Waals surface area contributed by atoms with Crippen molar-refractivity contribution < 1.29 is 24.9 Å². The SMILES string of the molecule is CC(C)CCCCCCCCCCCCCCCC(O)(CC(=O)O)C(=O)O. The van der Waals surface area contributed by atoms with Crippen LogP contribution in [0.3, 0.4) is 0 Å². The predicted molar refractivity (Wildman–Crippen MR) is 109 cm³/mol. The second-order valence-electron chi connectivity index (χ2n) is 8.44. The number of aliphatic carboxylic acids is 2. The molecule has 3 N–H and O–H groups in total. The number of aliphatic hydroxyl groups is 1. The highest BCUT2D eigenvalue weighted by Gasteiger charge is 2.37. The van der Waals surface area contributed by atoms with Crippen LogP contribution in [0.1, 0.15) is 117 Å². The lowest BCUT2D eigenvalue weighted by atomic mass is 9.92. The minimum Gasteiger partial charge on any atom is -0.481 e. The van der Waals surface area contributed by atoms with Gasteiger partial charge in [0, 0.05) is 0 Å². The van der Waals surface area contributed by atoms with Crippen molar-refractivity contribution in [1.82, 2.24) is 0 Å². The Labute approximate surface area is 165 Å². The van der Waals surface area contributed by atoms with E-state index in [0.29, 0.717) is 6.42 Å². The summed E-state index contributed by atoms with van der Waals surface area (Å²) in [5.41, 5.74) is -2.12. The molecule has 0 bridgehead atoms. The molecule has 0 aliphatic rings. The fourth-order valence-electron chi connectivity index (χ4n) is 3.44. The summed E-state index contributed by atoms with van der Waals surface area (Å²) in [5, 5.41) is 27.6. The molecule has 1 unspecified atom stereocenters. The molecule has 0 saturated carbocycles. The first-order valence-corrected chi connectivity index (χ1v) is 11.0. The molecule has 0 aliphatic carbocycles. The van der Waals surface area contributed by atoms with Gasteiger partial charge in [-0.25, -0.2) is 4.79 Å². The molecular weight excluding hydrogens is 344 g/mol. The zero-order chi connectivity index (χ0) is 20.5. The summed E-state index contributed by atoms with van der Waals surface area (Å²) in [7, 11) is 0. The average molecular weight is 387 g/mol. The number of carbonyl (C=O) groups is 2.